The highest BCUT2D eigenvalue weighted by atomic mass is 16.3. The van der Waals surface area contributed by atoms with Crippen LogP contribution in [-0.4, -0.2) is 64.6 Å². The molecule has 10 heteroatoms. The molecule has 3 saturated carbocycles. The Morgan fingerprint density at radius 1 is 0.814 bits per heavy atom. The Bertz CT molecular complexity index is 1320. The number of aliphatic hydroxyl groups excluding tert-OH is 1. The highest BCUT2D eigenvalue weighted by Gasteiger charge is 2.41. The first-order valence-electron chi connectivity index (χ1n) is 16.1. The molecule has 3 aliphatic carbocycles. The number of nitrogens with two attached hydrogens (primary N) is 1. The number of hydrogen-bond donors (Lipinski definition) is 5. The van der Waals surface area contributed by atoms with Crippen molar-refractivity contribution in [1.29, 1.82) is 0 Å². The van der Waals surface area contributed by atoms with E-state index in [-0.39, 0.29) is 42.1 Å². The lowest BCUT2D eigenvalue weighted by atomic mass is 9.92. The number of benzene rings is 1. The van der Waals surface area contributed by atoms with Crippen LogP contribution >= 0.6 is 0 Å². The summed E-state index contributed by atoms with van der Waals surface area (Å²) in [4.78, 5) is 45.2. The Hall–Kier alpha value is -3.66. The summed E-state index contributed by atoms with van der Waals surface area (Å²) < 4.78 is 0. The fraction of sp³-hybridized carbons (Fsp3) is 0.576. The maximum absolute atomic E-state index is 13.4. The third-order valence-corrected chi connectivity index (χ3v) is 9.97. The SMILES string of the molecule is NC(=O)c1ccc(C(=O)NC2CC3CCCN(c4ccc(C(=O)NC5CCCC5)cn4)C3C2)cc1NC1CCC(O)CC1. The van der Waals surface area contributed by atoms with Gasteiger partial charge in [-0.3, -0.25) is 14.4 Å². The van der Waals surface area contributed by atoms with Gasteiger partial charge in [-0.15, -0.1) is 0 Å². The summed E-state index contributed by atoms with van der Waals surface area (Å²) in [7, 11) is 0. The first-order valence-corrected chi connectivity index (χ1v) is 16.1. The second-order valence-electron chi connectivity index (χ2n) is 12.9. The van der Waals surface area contributed by atoms with Gasteiger partial charge in [0.25, 0.3) is 17.7 Å². The highest BCUT2D eigenvalue weighted by molar-refractivity contribution is 6.02. The Balaban J connectivity index is 1.09. The topological polar surface area (TPSA) is 150 Å². The van der Waals surface area contributed by atoms with Crippen LogP contribution in [0.3, 0.4) is 0 Å². The molecule has 6 N–H and O–H groups in total. The van der Waals surface area contributed by atoms with Crippen LogP contribution in [0.1, 0.15) is 108 Å². The predicted molar refractivity (Wildman–Crippen MR) is 165 cm³/mol. The molecule has 4 aliphatic rings. The predicted octanol–water partition coefficient (Wildman–Crippen LogP) is 3.75. The maximum atomic E-state index is 13.4. The van der Waals surface area contributed by atoms with E-state index in [0.717, 1.165) is 63.7 Å². The summed E-state index contributed by atoms with van der Waals surface area (Å²) in [6.45, 7) is 0.907. The summed E-state index contributed by atoms with van der Waals surface area (Å²) >= 11 is 0. The lowest BCUT2D eigenvalue weighted by Crippen LogP contribution is -2.43. The van der Waals surface area contributed by atoms with Crippen LogP contribution in [0, 0.1) is 5.92 Å². The third kappa shape index (κ3) is 6.79. The van der Waals surface area contributed by atoms with Gasteiger partial charge in [0.15, 0.2) is 0 Å². The van der Waals surface area contributed by atoms with Crippen LogP contribution in [0.15, 0.2) is 36.5 Å². The minimum atomic E-state index is -0.540. The molecule has 4 fully saturated rings. The van der Waals surface area contributed by atoms with Crippen molar-refractivity contribution in [3.63, 3.8) is 0 Å². The summed E-state index contributed by atoms with van der Waals surface area (Å²) in [6.07, 6.45) is 12.8. The number of aromatic nitrogens is 1. The van der Waals surface area contributed by atoms with Gasteiger partial charge in [-0.1, -0.05) is 12.8 Å². The molecule has 1 aromatic heterocycles. The highest BCUT2D eigenvalue weighted by Crippen LogP contribution is 2.39. The molecular formula is C33H44N6O4. The van der Waals surface area contributed by atoms with Crippen molar-refractivity contribution in [3.05, 3.63) is 53.2 Å². The van der Waals surface area contributed by atoms with Crippen molar-refractivity contribution in [2.45, 2.75) is 107 Å². The zero-order valence-corrected chi connectivity index (χ0v) is 24.8. The molecule has 3 unspecified atom stereocenters. The number of carbonyl (C=O) groups is 3. The number of pyridine rings is 1. The van der Waals surface area contributed by atoms with E-state index in [1.165, 1.54) is 12.8 Å². The molecule has 3 atom stereocenters. The van der Waals surface area contributed by atoms with Crippen LogP contribution < -0.4 is 26.6 Å². The number of aliphatic hydroxyl groups is 1. The molecule has 0 spiro atoms. The summed E-state index contributed by atoms with van der Waals surface area (Å²) in [5.41, 5.74) is 7.65. The first-order chi connectivity index (χ1) is 20.8. The number of rotatable bonds is 8. The largest absolute Gasteiger partial charge is 0.393 e. The van der Waals surface area contributed by atoms with Gasteiger partial charge < -0.3 is 31.7 Å². The standard InChI is InChI=1S/C33H44N6O4/c34-31(41)27-13-7-21(17-28(27)36-24-9-11-26(40)12-10-24)32(42)38-25-16-20-4-3-15-39(29(20)18-25)30-14-8-22(19-35-30)33(43)37-23-5-1-2-6-23/h7-8,13-14,17,19-20,23-26,29,36,40H,1-6,9-12,15-16,18H2,(H2,34,41)(H,37,43)(H,38,42). The van der Waals surface area contributed by atoms with Gasteiger partial charge in [-0.25, -0.2) is 4.98 Å². The monoisotopic (exact) mass is 588 g/mol. The molecule has 43 heavy (non-hydrogen) atoms. The zero-order chi connectivity index (χ0) is 29.9. The smallest absolute Gasteiger partial charge is 0.253 e. The lowest BCUT2D eigenvalue weighted by molar-refractivity contribution is 0.0928. The Kier molecular flexibility index (Phi) is 8.83. The van der Waals surface area contributed by atoms with E-state index in [2.05, 4.69) is 20.9 Å². The molecule has 2 heterocycles. The van der Waals surface area contributed by atoms with Crippen molar-refractivity contribution in [2.75, 3.05) is 16.8 Å². The van der Waals surface area contributed by atoms with Crippen LogP contribution in [0.4, 0.5) is 11.5 Å². The average Bonchev–Trinajstić information content (AvgIpc) is 3.67. The van der Waals surface area contributed by atoms with E-state index in [1.807, 2.05) is 12.1 Å². The zero-order valence-electron chi connectivity index (χ0n) is 24.8. The van der Waals surface area contributed by atoms with Crippen molar-refractivity contribution < 1.29 is 19.5 Å². The molecule has 230 valence electrons. The van der Waals surface area contributed by atoms with E-state index >= 15 is 0 Å². The summed E-state index contributed by atoms with van der Waals surface area (Å²) in [5, 5.41) is 19.6. The molecule has 0 bridgehead atoms. The molecule has 1 aliphatic heterocycles. The minimum Gasteiger partial charge on any atom is -0.393 e. The van der Waals surface area contributed by atoms with E-state index in [1.54, 1.807) is 24.4 Å². The number of nitrogens with zero attached hydrogens (tertiary/aromatic N) is 2. The van der Waals surface area contributed by atoms with E-state index in [4.69, 9.17) is 10.7 Å². The molecule has 2 aromatic rings. The Morgan fingerprint density at radius 3 is 2.26 bits per heavy atom. The fourth-order valence-electron chi connectivity index (χ4n) is 7.64. The second-order valence-corrected chi connectivity index (χ2v) is 12.9. The van der Waals surface area contributed by atoms with Crippen LogP contribution in [-0.2, 0) is 0 Å². The Labute approximate surface area is 253 Å². The van der Waals surface area contributed by atoms with E-state index < -0.39 is 5.91 Å². The van der Waals surface area contributed by atoms with Crippen LogP contribution in [0.25, 0.3) is 0 Å². The van der Waals surface area contributed by atoms with Gasteiger partial charge in [0.2, 0.25) is 0 Å². The summed E-state index contributed by atoms with van der Waals surface area (Å²) in [6, 6.07) is 9.55. The molecule has 6 rings (SSSR count). The molecule has 1 aromatic carbocycles. The molecular weight excluding hydrogens is 544 g/mol. The number of anilines is 2. The van der Waals surface area contributed by atoms with Gasteiger partial charge in [0.1, 0.15) is 5.82 Å². The lowest BCUT2D eigenvalue weighted by Gasteiger charge is -2.38. The Morgan fingerprint density at radius 2 is 1.53 bits per heavy atom. The van der Waals surface area contributed by atoms with Gasteiger partial charge in [-0.2, -0.15) is 0 Å². The van der Waals surface area contributed by atoms with Crippen LogP contribution in [0.2, 0.25) is 0 Å². The first kappa shape index (κ1) is 29.4. The molecule has 10 nitrogen and oxygen atoms in total. The second kappa shape index (κ2) is 12.9. The molecule has 1 saturated heterocycles. The molecule has 0 radical (unpaired) electrons. The fourth-order valence-corrected chi connectivity index (χ4v) is 7.64. The minimum absolute atomic E-state index is 0.0339. The van der Waals surface area contributed by atoms with Crippen molar-refractivity contribution in [2.24, 2.45) is 11.7 Å². The van der Waals surface area contributed by atoms with Crippen molar-refractivity contribution in [3.8, 4) is 0 Å². The quantitative estimate of drug-likeness (QED) is 0.315. The van der Waals surface area contributed by atoms with Gasteiger partial charge >= 0.3 is 0 Å². The molecule has 3 amide bonds. The number of primary amides is 1. The third-order valence-electron chi connectivity index (χ3n) is 9.97. The number of fused-ring (bicyclic) bond motifs is 1. The van der Waals surface area contributed by atoms with Crippen LogP contribution in [0.5, 0.6) is 0 Å². The van der Waals surface area contributed by atoms with E-state index in [0.29, 0.717) is 41.1 Å². The number of nitrogens with one attached hydrogen (secondary N) is 3. The number of carbonyl (C=O) groups excluding carboxylic acids is 3. The number of hydrogen-bond acceptors (Lipinski definition) is 7. The van der Waals surface area contributed by atoms with Gasteiger partial charge in [-0.05, 0) is 100 Å². The summed E-state index contributed by atoms with van der Waals surface area (Å²) in [5.74, 6) is 0.589. The van der Waals surface area contributed by atoms with Crippen molar-refractivity contribution >= 4 is 29.2 Å². The van der Waals surface area contributed by atoms with Gasteiger partial charge in [0, 0.05) is 48.2 Å². The average molecular weight is 589 g/mol. The van der Waals surface area contributed by atoms with E-state index in [9.17, 15) is 19.5 Å². The number of piperidine rings is 1. The normalized spacial score (nSPS) is 27.4. The maximum Gasteiger partial charge on any atom is 0.253 e. The van der Waals surface area contributed by atoms with Crippen molar-refractivity contribution in [1.82, 2.24) is 15.6 Å². The van der Waals surface area contributed by atoms with Gasteiger partial charge in [0.05, 0.1) is 17.2 Å². The number of amides is 3.